The molecular formula is C15H19FN2O. The second kappa shape index (κ2) is 6.65. The van der Waals surface area contributed by atoms with Crippen molar-refractivity contribution >= 4 is 0 Å². The molecule has 2 rings (SSSR count). The second-order valence-electron chi connectivity index (χ2n) is 5.13. The van der Waals surface area contributed by atoms with Crippen LogP contribution in [0.25, 0.3) is 0 Å². The first-order valence-corrected chi connectivity index (χ1v) is 6.78. The molecule has 0 saturated heterocycles. The molecule has 1 aromatic carbocycles. The fourth-order valence-electron chi connectivity index (χ4n) is 2.62. The second-order valence-corrected chi connectivity index (χ2v) is 5.13. The van der Waals surface area contributed by atoms with Gasteiger partial charge in [0.25, 0.3) is 0 Å². The molecule has 0 aromatic heterocycles. The van der Waals surface area contributed by atoms with E-state index >= 15 is 0 Å². The van der Waals surface area contributed by atoms with Gasteiger partial charge < -0.3 is 10.4 Å². The molecule has 102 valence electrons. The largest absolute Gasteiger partial charge is 0.393 e. The van der Waals surface area contributed by atoms with Crippen molar-refractivity contribution < 1.29 is 9.50 Å². The van der Waals surface area contributed by atoms with Crippen LogP contribution in [0.3, 0.4) is 0 Å². The Morgan fingerprint density at radius 1 is 1.37 bits per heavy atom. The van der Waals surface area contributed by atoms with E-state index in [1.807, 2.05) is 6.07 Å². The molecule has 3 nitrogen and oxygen atoms in total. The Labute approximate surface area is 113 Å². The van der Waals surface area contributed by atoms with Crippen LogP contribution in [0.4, 0.5) is 4.39 Å². The van der Waals surface area contributed by atoms with Gasteiger partial charge in [-0.1, -0.05) is 25.0 Å². The van der Waals surface area contributed by atoms with Gasteiger partial charge in [-0.2, -0.15) is 5.26 Å². The van der Waals surface area contributed by atoms with E-state index in [1.54, 1.807) is 12.1 Å². The number of rotatable bonds is 4. The molecule has 1 fully saturated rings. The van der Waals surface area contributed by atoms with Crippen LogP contribution in [-0.4, -0.2) is 17.8 Å². The zero-order valence-corrected chi connectivity index (χ0v) is 10.9. The first-order valence-electron chi connectivity index (χ1n) is 6.78. The monoisotopic (exact) mass is 262 g/mol. The zero-order valence-electron chi connectivity index (χ0n) is 10.9. The molecule has 2 atom stereocenters. The number of benzene rings is 1. The van der Waals surface area contributed by atoms with Gasteiger partial charge in [0.05, 0.1) is 11.7 Å². The van der Waals surface area contributed by atoms with Crippen LogP contribution >= 0.6 is 0 Å². The summed E-state index contributed by atoms with van der Waals surface area (Å²) >= 11 is 0. The van der Waals surface area contributed by atoms with Crippen molar-refractivity contribution in [2.75, 3.05) is 6.54 Å². The Balaban J connectivity index is 1.87. The standard InChI is InChI=1S/C15H19FN2O/c16-15-11(8-17)5-3-6-13(15)10-18-9-12-4-1-2-7-14(12)19/h3,5-6,12,14,18-19H,1-2,4,7,9-10H2. The predicted molar refractivity (Wildman–Crippen MR) is 70.8 cm³/mol. The molecule has 19 heavy (non-hydrogen) atoms. The highest BCUT2D eigenvalue weighted by Gasteiger charge is 2.22. The summed E-state index contributed by atoms with van der Waals surface area (Å²) in [7, 11) is 0. The SMILES string of the molecule is N#Cc1cccc(CNCC2CCCCC2O)c1F. The molecule has 2 unspecified atom stereocenters. The summed E-state index contributed by atoms with van der Waals surface area (Å²) < 4.78 is 13.8. The predicted octanol–water partition coefficient (Wildman–Crippen LogP) is 2.34. The third-order valence-electron chi connectivity index (χ3n) is 3.79. The van der Waals surface area contributed by atoms with Gasteiger partial charge in [-0.15, -0.1) is 0 Å². The van der Waals surface area contributed by atoms with Crippen molar-refractivity contribution in [1.82, 2.24) is 5.32 Å². The summed E-state index contributed by atoms with van der Waals surface area (Å²) in [5, 5.41) is 21.8. The van der Waals surface area contributed by atoms with Gasteiger partial charge in [-0.3, -0.25) is 0 Å². The zero-order chi connectivity index (χ0) is 13.7. The average molecular weight is 262 g/mol. The number of aliphatic hydroxyl groups excluding tert-OH is 1. The van der Waals surface area contributed by atoms with Gasteiger partial charge in [-0.05, 0) is 24.8 Å². The highest BCUT2D eigenvalue weighted by Crippen LogP contribution is 2.23. The molecule has 1 aliphatic rings. The summed E-state index contributed by atoms with van der Waals surface area (Å²) in [5.74, 6) is -0.183. The molecule has 0 spiro atoms. The summed E-state index contributed by atoms with van der Waals surface area (Å²) in [6.07, 6.45) is 3.90. The molecule has 0 heterocycles. The van der Waals surface area contributed by atoms with E-state index in [0.717, 1.165) is 25.7 Å². The molecule has 1 aliphatic carbocycles. The maximum Gasteiger partial charge on any atom is 0.145 e. The molecule has 0 bridgehead atoms. The Morgan fingerprint density at radius 3 is 2.89 bits per heavy atom. The first-order chi connectivity index (χ1) is 9.22. The van der Waals surface area contributed by atoms with Gasteiger partial charge >= 0.3 is 0 Å². The third-order valence-corrected chi connectivity index (χ3v) is 3.79. The van der Waals surface area contributed by atoms with Crippen molar-refractivity contribution in [3.05, 3.63) is 35.1 Å². The van der Waals surface area contributed by atoms with Gasteiger partial charge in [-0.25, -0.2) is 4.39 Å². The van der Waals surface area contributed by atoms with Crippen molar-refractivity contribution in [3.8, 4) is 6.07 Å². The molecule has 1 saturated carbocycles. The first kappa shape index (κ1) is 14.0. The fraction of sp³-hybridized carbons (Fsp3) is 0.533. The lowest BCUT2D eigenvalue weighted by molar-refractivity contribution is 0.0695. The third kappa shape index (κ3) is 3.52. The molecule has 4 heteroatoms. The topological polar surface area (TPSA) is 56.0 Å². The molecular weight excluding hydrogens is 243 g/mol. The Hall–Kier alpha value is -1.44. The smallest absolute Gasteiger partial charge is 0.145 e. The van der Waals surface area contributed by atoms with E-state index in [2.05, 4.69) is 5.32 Å². The number of hydrogen-bond acceptors (Lipinski definition) is 3. The summed E-state index contributed by atoms with van der Waals surface area (Å²) in [6, 6.07) is 6.69. The van der Waals surface area contributed by atoms with Crippen LogP contribution in [0.2, 0.25) is 0 Å². The van der Waals surface area contributed by atoms with Crippen molar-refractivity contribution in [2.24, 2.45) is 5.92 Å². The van der Waals surface area contributed by atoms with E-state index in [-0.39, 0.29) is 17.6 Å². The quantitative estimate of drug-likeness (QED) is 0.875. The summed E-state index contributed by atoms with van der Waals surface area (Å²) in [4.78, 5) is 0. The van der Waals surface area contributed by atoms with Crippen molar-refractivity contribution in [1.29, 1.82) is 5.26 Å². The van der Waals surface area contributed by atoms with E-state index in [9.17, 15) is 9.50 Å². The minimum absolute atomic E-state index is 0.0806. The van der Waals surface area contributed by atoms with Crippen LogP contribution < -0.4 is 5.32 Å². The lowest BCUT2D eigenvalue weighted by Crippen LogP contribution is -2.33. The average Bonchev–Trinajstić information content (AvgIpc) is 2.43. The van der Waals surface area contributed by atoms with Crippen LogP contribution in [0, 0.1) is 23.1 Å². The molecule has 2 N–H and O–H groups in total. The fourth-order valence-corrected chi connectivity index (χ4v) is 2.62. The minimum atomic E-state index is -0.443. The minimum Gasteiger partial charge on any atom is -0.393 e. The van der Waals surface area contributed by atoms with Gasteiger partial charge in [0.15, 0.2) is 0 Å². The highest BCUT2D eigenvalue weighted by atomic mass is 19.1. The van der Waals surface area contributed by atoms with Crippen LogP contribution in [-0.2, 0) is 6.54 Å². The lowest BCUT2D eigenvalue weighted by atomic mass is 9.86. The van der Waals surface area contributed by atoms with Crippen LogP contribution in [0.1, 0.15) is 36.8 Å². The number of halogens is 1. The summed E-state index contributed by atoms with van der Waals surface area (Å²) in [6.45, 7) is 1.09. The number of aliphatic hydroxyl groups is 1. The van der Waals surface area contributed by atoms with E-state index < -0.39 is 5.82 Å². The molecule has 0 amide bonds. The van der Waals surface area contributed by atoms with Crippen LogP contribution in [0.5, 0.6) is 0 Å². The van der Waals surface area contributed by atoms with Gasteiger partial charge in [0.2, 0.25) is 0 Å². The molecule has 0 radical (unpaired) electrons. The summed E-state index contributed by atoms with van der Waals surface area (Å²) in [5.41, 5.74) is 0.585. The maximum atomic E-state index is 13.8. The Bertz CT molecular complexity index is 470. The Morgan fingerprint density at radius 2 is 2.16 bits per heavy atom. The van der Waals surface area contributed by atoms with Crippen molar-refractivity contribution in [3.63, 3.8) is 0 Å². The normalized spacial score (nSPS) is 23.0. The molecule has 0 aliphatic heterocycles. The van der Waals surface area contributed by atoms with Gasteiger partial charge in [0, 0.05) is 18.7 Å². The number of nitrogens with one attached hydrogen (secondary N) is 1. The van der Waals surface area contributed by atoms with E-state index in [0.29, 0.717) is 18.7 Å². The van der Waals surface area contributed by atoms with E-state index in [1.165, 1.54) is 6.07 Å². The highest BCUT2D eigenvalue weighted by molar-refractivity contribution is 5.34. The lowest BCUT2D eigenvalue weighted by Gasteiger charge is -2.27. The van der Waals surface area contributed by atoms with Gasteiger partial charge in [0.1, 0.15) is 11.9 Å². The Kier molecular flexibility index (Phi) is 4.89. The maximum absolute atomic E-state index is 13.8. The number of nitriles is 1. The number of hydrogen-bond donors (Lipinski definition) is 2. The van der Waals surface area contributed by atoms with E-state index in [4.69, 9.17) is 5.26 Å². The van der Waals surface area contributed by atoms with Crippen LogP contribution in [0.15, 0.2) is 18.2 Å². The van der Waals surface area contributed by atoms with Crippen molar-refractivity contribution in [2.45, 2.75) is 38.3 Å². The molecule has 1 aromatic rings. The number of nitrogens with zero attached hydrogens (tertiary/aromatic N) is 1.